The number of aliphatic hydroxyl groups excluding tert-OH is 1. The number of hydrogen-bond acceptors (Lipinski definition) is 3. The van der Waals surface area contributed by atoms with Crippen LogP contribution in [0.3, 0.4) is 0 Å². The van der Waals surface area contributed by atoms with Crippen LogP contribution in [0.4, 0.5) is 0 Å². The van der Waals surface area contributed by atoms with E-state index in [4.69, 9.17) is 16.7 Å². The third-order valence-corrected chi connectivity index (χ3v) is 1.19. The van der Waals surface area contributed by atoms with Gasteiger partial charge in [0.1, 0.15) is 12.4 Å². The van der Waals surface area contributed by atoms with Gasteiger partial charge in [0.25, 0.3) is 0 Å². The van der Waals surface area contributed by atoms with Crippen molar-refractivity contribution < 1.29 is 5.11 Å². The average Bonchev–Trinajstić information content (AvgIpc) is 2.37. The first-order chi connectivity index (χ1) is 4.34. The SMILES string of the molecule is OC(CCl)c1ncn[nH]1. The largest absolute Gasteiger partial charge is 0.384 e. The van der Waals surface area contributed by atoms with Gasteiger partial charge in [-0.2, -0.15) is 5.10 Å². The standard InChI is InChI=1S/C4H6ClN3O/c5-1-3(9)4-6-2-7-8-4/h2-3,9H,1H2,(H,6,7,8). The molecule has 1 heterocycles. The summed E-state index contributed by atoms with van der Waals surface area (Å²) < 4.78 is 0. The van der Waals surface area contributed by atoms with Crippen molar-refractivity contribution in [2.75, 3.05) is 5.88 Å². The normalized spacial score (nSPS) is 13.6. The molecule has 0 aliphatic heterocycles. The van der Waals surface area contributed by atoms with Crippen molar-refractivity contribution in [1.29, 1.82) is 0 Å². The molecule has 9 heavy (non-hydrogen) atoms. The van der Waals surface area contributed by atoms with E-state index in [1.54, 1.807) is 0 Å². The molecule has 1 rings (SSSR count). The molecule has 0 saturated carbocycles. The fourth-order valence-corrected chi connectivity index (χ4v) is 0.595. The van der Waals surface area contributed by atoms with Crippen LogP contribution in [0, 0.1) is 0 Å². The Bertz CT molecular complexity index is 164. The highest BCUT2D eigenvalue weighted by atomic mass is 35.5. The predicted molar refractivity (Wildman–Crippen MR) is 32.1 cm³/mol. The zero-order valence-corrected chi connectivity index (χ0v) is 5.34. The molecular formula is C4H6ClN3O. The second-order valence-corrected chi connectivity index (χ2v) is 1.85. The summed E-state index contributed by atoms with van der Waals surface area (Å²) in [4.78, 5) is 3.69. The van der Waals surface area contributed by atoms with Gasteiger partial charge in [0.05, 0.1) is 5.88 Å². The molecule has 1 atom stereocenters. The third kappa shape index (κ3) is 1.40. The molecule has 0 radical (unpaired) electrons. The fourth-order valence-electron chi connectivity index (χ4n) is 0.449. The highest BCUT2D eigenvalue weighted by molar-refractivity contribution is 6.18. The summed E-state index contributed by atoms with van der Waals surface area (Å²) in [6.07, 6.45) is 0.597. The number of alkyl halides is 1. The summed E-state index contributed by atoms with van der Waals surface area (Å²) in [6, 6.07) is 0. The lowest BCUT2D eigenvalue weighted by atomic mass is 10.4. The molecule has 1 unspecified atom stereocenters. The van der Waals surface area contributed by atoms with Crippen LogP contribution in [0.25, 0.3) is 0 Å². The number of aromatic amines is 1. The maximum Gasteiger partial charge on any atom is 0.154 e. The van der Waals surface area contributed by atoms with E-state index >= 15 is 0 Å². The number of nitrogens with one attached hydrogen (secondary N) is 1. The Labute approximate surface area is 56.9 Å². The van der Waals surface area contributed by atoms with Crippen LogP contribution in [0.2, 0.25) is 0 Å². The molecule has 0 aromatic carbocycles. The lowest BCUT2D eigenvalue weighted by Gasteiger charge is -1.98. The minimum absolute atomic E-state index is 0.134. The molecule has 4 nitrogen and oxygen atoms in total. The van der Waals surface area contributed by atoms with E-state index in [1.807, 2.05) is 0 Å². The number of aliphatic hydroxyl groups is 1. The van der Waals surface area contributed by atoms with E-state index in [9.17, 15) is 0 Å². The molecule has 0 bridgehead atoms. The average molecular weight is 148 g/mol. The van der Waals surface area contributed by atoms with Crippen molar-refractivity contribution in [3.63, 3.8) is 0 Å². The van der Waals surface area contributed by atoms with Gasteiger partial charge in [0, 0.05) is 0 Å². The Morgan fingerprint density at radius 1 is 1.89 bits per heavy atom. The van der Waals surface area contributed by atoms with Crippen LogP contribution in [0.5, 0.6) is 0 Å². The Hall–Kier alpha value is -0.610. The van der Waals surface area contributed by atoms with Gasteiger partial charge in [0.2, 0.25) is 0 Å². The summed E-state index contributed by atoms with van der Waals surface area (Å²) >= 11 is 5.31. The zero-order valence-electron chi connectivity index (χ0n) is 4.58. The van der Waals surface area contributed by atoms with E-state index in [-0.39, 0.29) is 5.88 Å². The quantitative estimate of drug-likeness (QED) is 0.583. The Kier molecular flexibility index (Phi) is 2.02. The van der Waals surface area contributed by atoms with Crippen LogP contribution in [0.1, 0.15) is 11.9 Å². The summed E-state index contributed by atoms with van der Waals surface area (Å²) in [6.45, 7) is 0. The van der Waals surface area contributed by atoms with Crippen LogP contribution in [-0.2, 0) is 0 Å². The second kappa shape index (κ2) is 2.80. The molecule has 0 fully saturated rings. The number of aromatic nitrogens is 3. The fraction of sp³-hybridized carbons (Fsp3) is 0.500. The molecule has 0 aliphatic rings. The minimum atomic E-state index is -0.728. The van der Waals surface area contributed by atoms with E-state index in [0.717, 1.165) is 0 Å². The molecule has 1 aromatic heterocycles. The molecule has 50 valence electrons. The zero-order chi connectivity index (χ0) is 6.69. The van der Waals surface area contributed by atoms with E-state index in [0.29, 0.717) is 5.82 Å². The Morgan fingerprint density at radius 3 is 3.11 bits per heavy atom. The van der Waals surface area contributed by atoms with Crippen LogP contribution in [0.15, 0.2) is 6.33 Å². The number of hydrogen-bond donors (Lipinski definition) is 2. The summed E-state index contributed by atoms with van der Waals surface area (Å²) in [5, 5.41) is 15.0. The van der Waals surface area contributed by atoms with Crippen molar-refractivity contribution >= 4 is 11.6 Å². The van der Waals surface area contributed by atoms with Gasteiger partial charge >= 0.3 is 0 Å². The molecule has 5 heteroatoms. The maximum absolute atomic E-state index is 8.95. The molecule has 0 amide bonds. The summed E-state index contributed by atoms with van der Waals surface area (Å²) in [7, 11) is 0. The molecule has 2 N–H and O–H groups in total. The topological polar surface area (TPSA) is 61.8 Å². The first-order valence-corrected chi connectivity index (χ1v) is 2.97. The smallest absolute Gasteiger partial charge is 0.154 e. The number of rotatable bonds is 2. The number of nitrogens with zero attached hydrogens (tertiary/aromatic N) is 2. The molecule has 1 aromatic rings. The molecule has 0 saturated heterocycles. The van der Waals surface area contributed by atoms with Crippen LogP contribution < -0.4 is 0 Å². The van der Waals surface area contributed by atoms with Gasteiger partial charge in [-0.15, -0.1) is 11.6 Å². The second-order valence-electron chi connectivity index (χ2n) is 1.54. The minimum Gasteiger partial charge on any atom is -0.384 e. The van der Waals surface area contributed by atoms with Crippen molar-refractivity contribution in [3.05, 3.63) is 12.2 Å². The Balaban J connectivity index is 2.65. The lowest BCUT2D eigenvalue weighted by Crippen LogP contribution is -2.00. The van der Waals surface area contributed by atoms with Crippen molar-refractivity contribution in [2.45, 2.75) is 6.10 Å². The van der Waals surface area contributed by atoms with Gasteiger partial charge < -0.3 is 5.11 Å². The molecular weight excluding hydrogens is 142 g/mol. The van der Waals surface area contributed by atoms with Gasteiger partial charge in [0.15, 0.2) is 5.82 Å². The van der Waals surface area contributed by atoms with Gasteiger partial charge in [-0.1, -0.05) is 0 Å². The predicted octanol–water partition coefficient (Wildman–Crippen LogP) is 0.0769. The summed E-state index contributed by atoms with van der Waals surface area (Å²) in [5.74, 6) is 0.542. The number of H-pyrrole nitrogens is 1. The van der Waals surface area contributed by atoms with Crippen molar-refractivity contribution in [2.24, 2.45) is 0 Å². The van der Waals surface area contributed by atoms with Gasteiger partial charge in [-0.25, -0.2) is 4.98 Å². The van der Waals surface area contributed by atoms with Crippen molar-refractivity contribution in [1.82, 2.24) is 15.2 Å². The summed E-state index contributed by atoms with van der Waals surface area (Å²) in [5.41, 5.74) is 0. The number of halogens is 1. The third-order valence-electron chi connectivity index (χ3n) is 0.895. The highest BCUT2D eigenvalue weighted by Gasteiger charge is 2.06. The Morgan fingerprint density at radius 2 is 2.67 bits per heavy atom. The van der Waals surface area contributed by atoms with Crippen LogP contribution >= 0.6 is 11.6 Å². The maximum atomic E-state index is 8.95. The first-order valence-electron chi connectivity index (χ1n) is 2.44. The van der Waals surface area contributed by atoms with Gasteiger partial charge in [-0.05, 0) is 0 Å². The van der Waals surface area contributed by atoms with E-state index in [1.165, 1.54) is 6.33 Å². The highest BCUT2D eigenvalue weighted by Crippen LogP contribution is 2.05. The molecule has 0 aliphatic carbocycles. The molecule has 0 spiro atoms. The van der Waals surface area contributed by atoms with Crippen molar-refractivity contribution in [3.8, 4) is 0 Å². The van der Waals surface area contributed by atoms with Crippen LogP contribution in [-0.4, -0.2) is 26.2 Å². The lowest BCUT2D eigenvalue weighted by molar-refractivity contribution is 0.193. The first kappa shape index (κ1) is 6.51. The van der Waals surface area contributed by atoms with E-state index < -0.39 is 6.10 Å². The monoisotopic (exact) mass is 147 g/mol. The van der Waals surface area contributed by atoms with Gasteiger partial charge in [-0.3, -0.25) is 5.10 Å². The van der Waals surface area contributed by atoms with E-state index in [2.05, 4.69) is 15.2 Å².